The van der Waals surface area contributed by atoms with E-state index in [1.165, 1.54) is 4.90 Å². The summed E-state index contributed by atoms with van der Waals surface area (Å²) in [5, 5.41) is 0. The summed E-state index contributed by atoms with van der Waals surface area (Å²) in [5.74, 6) is -39.5. The van der Waals surface area contributed by atoms with Gasteiger partial charge < -0.3 is 9.80 Å². The number of halogens is 12. The van der Waals surface area contributed by atoms with Crippen molar-refractivity contribution in [2.75, 3.05) is 31.1 Å². The van der Waals surface area contributed by atoms with Crippen LogP contribution in [0, 0.1) is 0 Å². The number of hydrogen-bond donors (Lipinski definition) is 0. The molecular weight excluding hydrogens is 476 g/mol. The van der Waals surface area contributed by atoms with Gasteiger partial charge in [0.15, 0.2) is 0 Å². The molecule has 1 aromatic carbocycles. The Morgan fingerprint density at radius 3 is 1.62 bits per heavy atom. The van der Waals surface area contributed by atoms with Crippen molar-refractivity contribution in [2.24, 2.45) is 0 Å². The maximum absolute atomic E-state index is 14.0. The largest absolute Gasteiger partial charge is 0.392 e. The van der Waals surface area contributed by atoms with E-state index in [9.17, 15) is 57.5 Å². The first kappa shape index (κ1) is 25.9. The Morgan fingerprint density at radius 1 is 0.719 bits per heavy atom. The number of anilines is 1. The van der Waals surface area contributed by atoms with Gasteiger partial charge in [-0.1, -0.05) is 18.2 Å². The maximum Gasteiger partial charge on any atom is 0.392 e. The standard InChI is InChI=1S/C17H14F12N2O/c18-11(19)13(20,21)15(24,25)17(28,29)16(26,27)14(22,23)12(32)31-8-6-30(7-9-31)10-4-2-1-3-5-10/h1-5,11H,6-9H2. The van der Waals surface area contributed by atoms with Crippen LogP contribution in [0.2, 0.25) is 0 Å². The number of carbonyl (C=O) groups excluding carboxylic acids is 1. The molecule has 0 atom stereocenters. The number of alkyl halides is 12. The Labute approximate surface area is 172 Å². The minimum Gasteiger partial charge on any atom is -0.368 e. The number of amides is 1. The van der Waals surface area contributed by atoms with E-state index in [0.29, 0.717) is 5.69 Å². The first-order valence-corrected chi connectivity index (χ1v) is 8.69. The number of rotatable bonds is 7. The van der Waals surface area contributed by atoms with Crippen molar-refractivity contribution in [1.82, 2.24) is 4.90 Å². The van der Waals surface area contributed by atoms with E-state index in [2.05, 4.69) is 0 Å². The molecule has 182 valence electrons. The van der Waals surface area contributed by atoms with Crippen LogP contribution in [0.15, 0.2) is 30.3 Å². The highest BCUT2D eigenvalue weighted by molar-refractivity contribution is 5.85. The minimum absolute atomic E-state index is 0.0349. The van der Waals surface area contributed by atoms with Crippen LogP contribution in [-0.4, -0.2) is 73.0 Å². The van der Waals surface area contributed by atoms with Crippen molar-refractivity contribution >= 4 is 11.6 Å². The Balaban J connectivity index is 2.26. The fourth-order valence-electron chi connectivity index (χ4n) is 2.88. The third kappa shape index (κ3) is 3.83. The van der Waals surface area contributed by atoms with Gasteiger partial charge in [-0.25, -0.2) is 8.78 Å². The van der Waals surface area contributed by atoms with Crippen LogP contribution in [0.25, 0.3) is 0 Å². The zero-order valence-corrected chi connectivity index (χ0v) is 15.6. The number of nitrogens with zero attached hydrogens (tertiary/aromatic N) is 2. The van der Waals surface area contributed by atoms with Crippen molar-refractivity contribution in [1.29, 1.82) is 0 Å². The van der Waals surface area contributed by atoms with Gasteiger partial charge in [0.1, 0.15) is 0 Å². The lowest BCUT2D eigenvalue weighted by atomic mass is 9.93. The Hall–Kier alpha value is -2.35. The first-order chi connectivity index (χ1) is 14.4. The van der Waals surface area contributed by atoms with E-state index in [-0.39, 0.29) is 18.0 Å². The highest BCUT2D eigenvalue weighted by atomic mass is 19.4. The number of piperazine rings is 1. The lowest BCUT2D eigenvalue weighted by Crippen LogP contribution is -2.71. The van der Waals surface area contributed by atoms with Crippen molar-refractivity contribution in [3.05, 3.63) is 30.3 Å². The normalized spacial score (nSPS) is 17.2. The average molecular weight is 490 g/mol. The molecule has 0 radical (unpaired) electrons. The third-order valence-electron chi connectivity index (χ3n) is 4.83. The molecule has 1 fully saturated rings. The van der Waals surface area contributed by atoms with Gasteiger partial charge in [0.05, 0.1) is 0 Å². The molecule has 15 heteroatoms. The molecule has 1 saturated heterocycles. The summed E-state index contributed by atoms with van der Waals surface area (Å²) >= 11 is 0. The second-order valence-corrected chi connectivity index (χ2v) is 6.84. The summed E-state index contributed by atoms with van der Waals surface area (Å²) in [7, 11) is 0. The molecule has 0 aromatic heterocycles. The maximum atomic E-state index is 14.0. The Bertz CT molecular complexity index is 807. The van der Waals surface area contributed by atoms with Gasteiger partial charge in [-0.05, 0) is 12.1 Å². The Morgan fingerprint density at radius 2 is 1.19 bits per heavy atom. The Kier molecular flexibility index (Phi) is 6.65. The molecule has 1 amide bonds. The number of para-hydroxylation sites is 1. The van der Waals surface area contributed by atoms with Gasteiger partial charge in [0, 0.05) is 31.9 Å². The van der Waals surface area contributed by atoms with Gasteiger partial charge in [-0.2, -0.15) is 43.9 Å². The summed E-state index contributed by atoms with van der Waals surface area (Å²) < 4.78 is 159. The SMILES string of the molecule is O=C(N1CCN(c2ccccc2)CC1)C(F)(F)C(F)(F)C(F)(F)C(F)(F)C(F)(F)C(F)F. The van der Waals surface area contributed by atoms with Crippen molar-refractivity contribution in [2.45, 2.75) is 36.0 Å². The molecule has 0 aliphatic carbocycles. The van der Waals surface area contributed by atoms with Gasteiger partial charge >= 0.3 is 36.0 Å². The van der Waals surface area contributed by atoms with Gasteiger partial charge in [0.25, 0.3) is 5.91 Å². The molecule has 0 N–H and O–H groups in total. The summed E-state index contributed by atoms with van der Waals surface area (Å²) in [6.07, 6.45) is -5.59. The smallest absolute Gasteiger partial charge is 0.368 e. The van der Waals surface area contributed by atoms with Crippen LogP contribution >= 0.6 is 0 Å². The molecule has 1 heterocycles. The predicted octanol–water partition coefficient (Wildman–Crippen LogP) is 4.78. The summed E-state index contributed by atoms with van der Waals surface area (Å²) in [5.41, 5.74) is 0.539. The highest BCUT2D eigenvalue weighted by Crippen LogP contribution is 2.58. The molecule has 2 rings (SSSR count). The van der Waals surface area contributed by atoms with Gasteiger partial charge in [-0.3, -0.25) is 4.79 Å². The van der Waals surface area contributed by atoms with E-state index in [1.54, 1.807) is 30.3 Å². The van der Waals surface area contributed by atoms with E-state index < -0.39 is 55.0 Å². The van der Waals surface area contributed by atoms with E-state index >= 15 is 0 Å². The van der Waals surface area contributed by atoms with E-state index in [1.807, 2.05) is 0 Å². The molecule has 0 bridgehead atoms. The van der Waals surface area contributed by atoms with Crippen LogP contribution in [0.5, 0.6) is 0 Å². The zero-order chi connectivity index (χ0) is 24.8. The lowest BCUT2D eigenvalue weighted by molar-refractivity contribution is -0.407. The summed E-state index contributed by atoms with van der Waals surface area (Å²) in [6.45, 7) is -1.94. The first-order valence-electron chi connectivity index (χ1n) is 8.69. The molecular formula is C17H14F12N2O. The third-order valence-corrected chi connectivity index (χ3v) is 4.83. The predicted molar refractivity (Wildman–Crippen MR) is 86.0 cm³/mol. The van der Waals surface area contributed by atoms with E-state index in [0.717, 1.165) is 0 Å². The summed E-state index contributed by atoms with van der Waals surface area (Å²) in [6, 6.07) is 7.98. The number of carbonyl (C=O) groups is 1. The molecule has 1 aliphatic rings. The molecule has 32 heavy (non-hydrogen) atoms. The monoisotopic (exact) mass is 490 g/mol. The molecule has 1 aliphatic heterocycles. The number of hydrogen-bond acceptors (Lipinski definition) is 2. The van der Waals surface area contributed by atoms with Crippen molar-refractivity contribution in [3.63, 3.8) is 0 Å². The van der Waals surface area contributed by atoms with E-state index in [4.69, 9.17) is 0 Å². The topological polar surface area (TPSA) is 23.6 Å². The highest BCUT2D eigenvalue weighted by Gasteiger charge is 2.89. The number of benzene rings is 1. The zero-order valence-electron chi connectivity index (χ0n) is 15.6. The molecule has 0 unspecified atom stereocenters. The van der Waals surface area contributed by atoms with Gasteiger partial charge in [0.2, 0.25) is 0 Å². The van der Waals surface area contributed by atoms with Gasteiger partial charge in [-0.15, -0.1) is 0 Å². The van der Waals surface area contributed by atoms with Crippen molar-refractivity contribution in [3.8, 4) is 0 Å². The van der Waals surface area contributed by atoms with Crippen LogP contribution in [0.1, 0.15) is 0 Å². The van der Waals surface area contributed by atoms with Crippen LogP contribution in [-0.2, 0) is 4.79 Å². The fourth-order valence-corrected chi connectivity index (χ4v) is 2.88. The van der Waals surface area contributed by atoms with Crippen LogP contribution < -0.4 is 4.90 Å². The van der Waals surface area contributed by atoms with Crippen molar-refractivity contribution < 1.29 is 57.5 Å². The molecule has 0 saturated carbocycles. The average Bonchev–Trinajstić information content (AvgIpc) is 2.73. The quantitative estimate of drug-likeness (QED) is 0.514. The molecule has 1 aromatic rings. The second kappa shape index (κ2) is 8.21. The van der Waals surface area contributed by atoms with Crippen LogP contribution in [0.3, 0.4) is 0 Å². The molecule has 0 spiro atoms. The lowest BCUT2D eigenvalue weighted by Gasteiger charge is -2.41. The second-order valence-electron chi connectivity index (χ2n) is 6.84. The fraction of sp³-hybridized carbons (Fsp3) is 0.588. The molecule has 3 nitrogen and oxygen atoms in total. The van der Waals surface area contributed by atoms with Crippen LogP contribution in [0.4, 0.5) is 58.4 Å². The summed E-state index contributed by atoms with van der Waals surface area (Å²) in [4.78, 5) is 13.3. The minimum atomic E-state index is -7.72.